The minimum absolute atomic E-state index is 0.0736. The van der Waals surface area contributed by atoms with E-state index < -0.39 is 24.9 Å². The predicted molar refractivity (Wildman–Crippen MR) is 112 cm³/mol. The maximum atomic E-state index is 14.2. The lowest BCUT2D eigenvalue weighted by Gasteiger charge is -2.23. The second kappa shape index (κ2) is 9.22. The summed E-state index contributed by atoms with van der Waals surface area (Å²) in [4.78, 5) is 28.2. The van der Waals surface area contributed by atoms with Crippen LogP contribution in [0.15, 0.2) is 30.5 Å². The summed E-state index contributed by atoms with van der Waals surface area (Å²) in [6, 6.07) is 6.62. The first-order chi connectivity index (χ1) is 15.3. The summed E-state index contributed by atoms with van der Waals surface area (Å²) in [5, 5.41) is 7.87. The van der Waals surface area contributed by atoms with Crippen LogP contribution in [-0.2, 0) is 17.8 Å². The highest BCUT2D eigenvalue weighted by molar-refractivity contribution is 5.92. The van der Waals surface area contributed by atoms with E-state index in [0.717, 1.165) is 24.2 Å². The van der Waals surface area contributed by atoms with Crippen LogP contribution in [0, 0.1) is 0 Å². The molecule has 32 heavy (non-hydrogen) atoms. The molecule has 172 valence electrons. The summed E-state index contributed by atoms with van der Waals surface area (Å²) >= 11 is 0. The van der Waals surface area contributed by atoms with Crippen LogP contribution in [0.25, 0.3) is 0 Å². The lowest BCUT2D eigenvalue weighted by atomic mass is 10.1. The summed E-state index contributed by atoms with van der Waals surface area (Å²) in [6.45, 7) is 0.853. The number of methoxy groups -OCH3 is 1. The average molecular weight is 447 g/mol. The van der Waals surface area contributed by atoms with Crippen LogP contribution >= 0.6 is 0 Å². The van der Waals surface area contributed by atoms with Crippen molar-refractivity contribution < 1.29 is 23.1 Å². The van der Waals surface area contributed by atoms with E-state index in [2.05, 4.69) is 10.3 Å². The molecule has 2 amide bonds. The number of rotatable bonds is 7. The summed E-state index contributed by atoms with van der Waals surface area (Å²) in [6.07, 6.45) is 3.56. The zero-order valence-electron chi connectivity index (χ0n) is 18.0. The number of carbonyl (C=O) groups is 2. The smallest absolute Gasteiger partial charge is 0.276 e. The van der Waals surface area contributed by atoms with Crippen molar-refractivity contribution in [2.24, 2.45) is 0 Å². The first-order valence-electron chi connectivity index (χ1n) is 10.8. The Morgan fingerprint density at radius 2 is 1.91 bits per heavy atom. The first kappa shape index (κ1) is 22.2. The molecule has 0 N–H and O–H groups in total. The molecule has 1 atom stereocenters. The molecule has 3 heterocycles. The van der Waals surface area contributed by atoms with Crippen LogP contribution in [0.4, 0.5) is 8.78 Å². The van der Waals surface area contributed by atoms with Crippen molar-refractivity contribution in [2.75, 3.05) is 26.7 Å². The lowest BCUT2D eigenvalue weighted by Crippen LogP contribution is -2.39. The van der Waals surface area contributed by atoms with Crippen molar-refractivity contribution in [1.29, 1.82) is 0 Å². The number of nitrogens with zero attached hydrogens (tertiary/aromatic N) is 5. The van der Waals surface area contributed by atoms with E-state index in [1.807, 2.05) is 12.1 Å². The Hall–Kier alpha value is -3.04. The van der Waals surface area contributed by atoms with Gasteiger partial charge in [0, 0.05) is 25.9 Å². The fraction of sp³-hybridized carbons (Fsp3) is 0.545. The molecule has 0 radical (unpaired) electrons. The third-order valence-corrected chi connectivity index (χ3v) is 6.03. The van der Waals surface area contributed by atoms with Gasteiger partial charge in [-0.25, -0.2) is 13.5 Å². The van der Waals surface area contributed by atoms with Gasteiger partial charge < -0.3 is 14.5 Å². The van der Waals surface area contributed by atoms with E-state index >= 15 is 0 Å². The van der Waals surface area contributed by atoms with Gasteiger partial charge in [-0.1, -0.05) is 17.3 Å². The largest absolute Gasteiger partial charge is 0.497 e. The molecule has 10 heteroatoms. The molecule has 0 unspecified atom stereocenters. The summed E-state index contributed by atoms with van der Waals surface area (Å²) in [7, 11) is 1.58. The van der Waals surface area contributed by atoms with Crippen LogP contribution in [0.5, 0.6) is 5.75 Å². The van der Waals surface area contributed by atoms with E-state index in [4.69, 9.17) is 4.74 Å². The van der Waals surface area contributed by atoms with Crippen molar-refractivity contribution in [1.82, 2.24) is 24.8 Å². The number of amides is 2. The van der Waals surface area contributed by atoms with Gasteiger partial charge in [-0.15, -0.1) is 5.10 Å². The number of aryl methyl sites for hydroxylation is 1. The van der Waals surface area contributed by atoms with Gasteiger partial charge in [-0.3, -0.25) is 9.59 Å². The minimum Gasteiger partial charge on any atom is -0.497 e. The number of hydrogen-bond donors (Lipinski definition) is 0. The van der Waals surface area contributed by atoms with Gasteiger partial charge in [-0.05, 0) is 37.0 Å². The molecule has 8 nitrogen and oxygen atoms in total. The van der Waals surface area contributed by atoms with Crippen LogP contribution in [0.1, 0.15) is 41.7 Å². The predicted octanol–water partition coefficient (Wildman–Crippen LogP) is 2.39. The zero-order chi connectivity index (χ0) is 22.7. The van der Waals surface area contributed by atoms with Crippen molar-refractivity contribution in [3.63, 3.8) is 0 Å². The van der Waals surface area contributed by atoms with Gasteiger partial charge >= 0.3 is 0 Å². The Labute approximate surface area is 185 Å². The third kappa shape index (κ3) is 5.05. The highest BCUT2D eigenvalue weighted by Crippen LogP contribution is 2.33. The molecule has 1 aromatic carbocycles. The van der Waals surface area contributed by atoms with Gasteiger partial charge in [0.05, 0.1) is 32.4 Å². The summed E-state index contributed by atoms with van der Waals surface area (Å²) in [5.41, 5.74) is 1.14. The quantitative estimate of drug-likeness (QED) is 0.651. The maximum Gasteiger partial charge on any atom is 0.276 e. The van der Waals surface area contributed by atoms with Gasteiger partial charge in [0.25, 0.3) is 11.8 Å². The Morgan fingerprint density at radius 3 is 2.59 bits per heavy atom. The Morgan fingerprint density at radius 1 is 1.19 bits per heavy atom. The fourth-order valence-corrected chi connectivity index (χ4v) is 4.32. The van der Waals surface area contributed by atoms with E-state index in [-0.39, 0.29) is 30.5 Å². The molecule has 2 aliphatic heterocycles. The molecule has 0 spiro atoms. The molecule has 2 fully saturated rings. The third-order valence-electron chi connectivity index (χ3n) is 6.03. The van der Waals surface area contributed by atoms with Crippen LogP contribution in [0.2, 0.25) is 0 Å². The summed E-state index contributed by atoms with van der Waals surface area (Å²) < 4.78 is 34.9. The second-order valence-corrected chi connectivity index (χ2v) is 8.41. The van der Waals surface area contributed by atoms with Gasteiger partial charge in [-0.2, -0.15) is 0 Å². The standard InChI is InChI=1S/C22H27F2N5O3/c1-32-18-7-4-16(5-8-18)6-9-20(30)29-15-22(23,24)12-17(29)13-28-14-19(25-26-28)21(31)27-10-2-3-11-27/h4-5,7-8,14,17H,2-3,6,9-13,15H2,1H3/t17-/m0/s1. The van der Waals surface area contributed by atoms with Crippen LogP contribution in [-0.4, -0.2) is 75.3 Å². The highest BCUT2D eigenvalue weighted by atomic mass is 19.3. The molecule has 0 aliphatic carbocycles. The van der Waals surface area contributed by atoms with E-state index in [1.54, 1.807) is 24.1 Å². The number of hydrogen-bond acceptors (Lipinski definition) is 5. The number of carbonyl (C=O) groups excluding carboxylic acids is 2. The van der Waals surface area contributed by atoms with Gasteiger partial charge in [0.1, 0.15) is 5.75 Å². The number of likely N-dealkylation sites (tertiary alicyclic amines) is 2. The first-order valence-corrected chi connectivity index (χ1v) is 10.8. The molecular formula is C22H27F2N5O3. The van der Waals surface area contributed by atoms with E-state index in [9.17, 15) is 18.4 Å². The van der Waals surface area contributed by atoms with Crippen molar-refractivity contribution in [3.05, 3.63) is 41.7 Å². The zero-order valence-corrected chi connectivity index (χ0v) is 18.0. The Kier molecular flexibility index (Phi) is 6.38. The van der Waals surface area contributed by atoms with Crippen molar-refractivity contribution in [2.45, 2.75) is 50.6 Å². The van der Waals surface area contributed by atoms with Gasteiger partial charge in [0.2, 0.25) is 5.91 Å². The molecule has 4 rings (SSSR count). The number of benzene rings is 1. The molecular weight excluding hydrogens is 420 g/mol. The SMILES string of the molecule is COc1ccc(CCC(=O)N2CC(F)(F)C[C@H]2Cn2cc(C(=O)N3CCCC3)nn2)cc1. The number of aromatic nitrogens is 3. The molecule has 2 aliphatic rings. The van der Waals surface area contributed by atoms with Crippen LogP contribution < -0.4 is 4.74 Å². The second-order valence-electron chi connectivity index (χ2n) is 8.41. The molecule has 2 saturated heterocycles. The molecule has 1 aromatic heterocycles. The molecule has 0 saturated carbocycles. The fourth-order valence-electron chi connectivity index (χ4n) is 4.32. The average Bonchev–Trinajstić information content (AvgIpc) is 3.52. The summed E-state index contributed by atoms with van der Waals surface area (Å²) in [5.74, 6) is -2.75. The molecule has 0 bridgehead atoms. The number of alkyl halides is 2. The Bertz CT molecular complexity index is 957. The topological polar surface area (TPSA) is 80.6 Å². The maximum absolute atomic E-state index is 14.2. The van der Waals surface area contributed by atoms with Gasteiger partial charge in [0.15, 0.2) is 5.69 Å². The van der Waals surface area contributed by atoms with Crippen LogP contribution in [0.3, 0.4) is 0 Å². The minimum atomic E-state index is -2.95. The normalized spacial score (nSPS) is 20.0. The van der Waals surface area contributed by atoms with E-state index in [1.165, 1.54) is 15.8 Å². The molecule has 2 aromatic rings. The highest BCUT2D eigenvalue weighted by Gasteiger charge is 2.47. The monoisotopic (exact) mass is 447 g/mol. The van der Waals surface area contributed by atoms with E-state index in [0.29, 0.717) is 19.5 Å². The Balaban J connectivity index is 1.38. The van der Waals surface area contributed by atoms with Crippen molar-refractivity contribution in [3.8, 4) is 5.75 Å². The number of halogens is 2. The van der Waals surface area contributed by atoms with Crippen molar-refractivity contribution >= 4 is 11.8 Å². The lowest BCUT2D eigenvalue weighted by molar-refractivity contribution is -0.133. The number of ether oxygens (including phenoxy) is 1.